The summed E-state index contributed by atoms with van der Waals surface area (Å²) in [6.45, 7) is 12.9. The molecule has 0 spiro atoms. The molecule has 106 valence electrons. The van der Waals surface area contributed by atoms with Crippen LogP contribution in [0.4, 0.5) is 0 Å². The van der Waals surface area contributed by atoms with E-state index < -0.39 is 24.4 Å². The van der Waals surface area contributed by atoms with Gasteiger partial charge in [-0.15, -0.1) is 24.4 Å². The molecule has 0 aliphatic heterocycles. The van der Waals surface area contributed by atoms with Crippen LogP contribution >= 0.6 is 0 Å². The third kappa shape index (κ3) is 16000. The van der Waals surface area contributed by atoms with Crippen molar-refractivity contribution in [3.63, 3.8) is 0 Å². The molecule has 0 aliphatic rings. The Kier molecular flexibility index (Phi) is 45.4. The van der Waals surface area contributed by atoms with E-state index in [1.165, 1.54) is 0 Å². The molecule has 0 fully saturated rings. The van der Waals surface area contributed by atoms with Crippen molar-refractivity contribution in [1.82, 2.24) is 0 Å². The molecular weight excluding hydrogens is 274 g/mol. The smallest absolute Gasteiger partial charge is 0 e. The van der Waals surface area contributed by atoms with E-state index in [9.17, 15) is 20.4 Å². The molecule has 0 amide bonds. The van der Waals surface area contributed by atoms with Gasteiger partial charge >= 0.3 is 0 Å². The number of hydrogen-bond acceptors (Lipinski definition) is 4. The summed E-state index contributed by atoms with van der Waals surface area (Å²) in [7, 11) is 0. The van der Waals surface area contributed by atoms with Crippen molar-refractivity contribution >= 4 is 0 Å². The molecule has 0 aliphatic carbocycles. The topological polar surface area (TPSA) is 92.2 Å². The predicted octanol–water partition coefficient (Wildman–Crippen LogP) is -0.982. The van der Waals surface area contributed by atoms with Gasteiger partial charge in [0.25, 0.3) is 0 Å². The van der Waals surface area contributed by atoms with Crippen LogP contribution in [-0.4, -0.2) is 24.4 Å². The van der Waals surface area contributed by atoms with E-state index in [1.807, 2.05) is 0 Å². The average molecular weight is 302 g/mol. The standard InChI is InChI=1S/4C3H7O.Zn/c4*1-3(2)4;/h4*3H,1-2H3;/q4*-1;. The van der Waals surface area contributed by atoms with E-state index in [-0.39, 0.29) is 19.5 Å². The molecule has 0 aromatic heterocycles. The van der Waals surface area contributed by atoms with Crippen LogP contribution in [0.1, 0.15) is 55.4 Å². The molecule has 4 nitrogen and oxygen atoms in total. The van der Waals surface area contributed by atoms with Crippen LogP contribution in [0.3, 0.4) is 0 Å². The van der Waals surface area contributed by atoms with Gasteiger partial charge in [-0.05, 0) is 0 Å². The predicted molar refractivity (Wildman–Crippen MR) is 60.5 cm³/mol. The van der Waals surface area contributed by atoms with Crippen molar-refractivity contribution in [3.8, 4) is 0 Å². The van der Waals surface area contributed by atoms with E-state index in [0.29, 0.717) is 0 Å². The summed E-state index contributed by atoms with van der Waals surface area (Å²) in [4.78, 5) is 0. The normalized spacial score (nSPS) is 8.47. The fourth-order valence-corrected chi connectivity index (χ4v) is 0. The molecule has 0 radical (unpaired) electrons. The summed E-state index contributed by atoms with van der Waals surface area (Å²) in [6.07, 6.45) is -1.67. The Morgan fingerprint density at radius 2 is 0.412 bits per heavy atom. The zero-order chi connectivity index (χ0) is 14.3. The van der Waals surface area contributed by atoms with Gasteiger partial charge in [-0.1, -0.05) is 55.4 Å². The second-order valence-electron chi connectivity index (χ2n) is 4.20. The van der Waals surface area contributed by atoms with Crippen LogP contribution in [0.25, 0.3) is 0 Å². The maximum Gasteiger partial charge on any atom is 0 e. The Bertz CT molecular complexity index is 61.5. The summed E-state index contributed by atoms with van der Waals surface area (Å²) in [5.74, 6) is 0. The zero-order valence-electron chi connectivity index (χ0n) is 12.6. The van der Waals surface area contributed by atoms with E-state index in [0.717, 1.165) is 0 Å². The molecule has 0 saturated heterocycles. The van der Waals surface area contributed by atoms with Crippen LogP contribution in [-0.2, 0) is 19.5 Å². The first-order valence-corrected chi connectivity index (χ1v) is 5.56. The summed E-state index contributed by atoms with van der Waals surface area (Å²) in [5.41, 5.74) is 0. The molecule has 5 heteroatoms. The van der Waals surface area contributed by atoms with Crippen LogP contribution in [0.2, 0.25) is 0 Å². The van der Waals surface area contributed by atoms with Gasteiger partial charge in [0.2, 0.25) is 0 Å². The molecule has 17 heavy (non-hydrogen) atoms. The second kappa shape index (κ2) is 25.3. The molecule has 0 saturated carbocycles. The number of hydrogen-bond donors (Lipinski definition) is 0. The fourth-order valence-electron chi connectivity index (χ4n) is 0. The van der Waals surface area contributed by atoms with Gasteiger partial charge in [-0.2, -0.15) is 0 Å². The first-order valence-electron chi connectivity index (χ1n) is 5.56. The average Bonchev–Trinajstić information content (AvgIpc) is 1.76. The Labute approximate surface area is 120 Å². The molecule has 0 bridgehead atoms. The minimum absolute atomic E-state index is 0. The van der Waals surface area contributed by atoms with Crippen molar-refractivity contribution < 1.29 is 39.9 Å². The van der Waals surface area contributed by atoms with Crippen molar-refractivity contribution in [2.24, 2.45) is 0 Å². The second-order valence-corrected chi connectivity index (χ2v) is 4.20. The van der Waals surface area contributed by atoms with E-state index in [4.69, 9.17) is 0 Å². The molecule has 0 atom stereocenters. The minimum atomic E-state index is -0.417. The Hall–Kier alpha value is 0.463. The first-order chi connectivity index (χ1) is 6.93. The van der Waals surface area contributed by atoms with E-state index >= 15 is 0 Å². The van der Waals surface area contributed by atoms with E-state index in [2.05, 4.69) is 0 Å². The molecule has 0 N–H and O–H groups in total. The van der Waals surface area contributed by atoms with Gasteiger partial charge in [0.15, 0.2) is 0 Å². The molecule has 0 unspecified atom stereocenters. The molecular formula is C12H28O4Zn-4. The van der Waals surface area contributed by atoms with Gasteiger partial charge in [-0.3, -0.25) is 0 Å². The Morgan fingerprint density at radius 1 is 0.412 bits per heavy atom. The van der Waals surface area contributed by atoms with Gasteiger partial charge in [0, 0.05) is 19.5 Å². The SMILES string of the molecule is CC(C)[O-].CC(C)[O-].CC(C)[O-].CC(C)[O-].[Zn]. The number of rotatable bonds is 0. The Morgan fingerprint density at radius 3 is 0.412 bits per heavy atom. The van der Waals surface area contributed by atoms with Crippen molar-refractivity contribution in [1.29, 1.82) is 0 Å². The van der Waals surface area contributed by atoms with E-state index in [1.54, 1.807) is 55.4 Å². The van der Waals surface area contributed by atoms with Crippen LogP contribution in [0.5, 0.6) is 0 Å². The van der Waals surface area contributed by atoms with Crippen LogP contribution < -0.4 is 20.4 Å². The van der Waals surface area contributed by atoms with Gasteiger partial charge in [0.1, 0.15) is 0 Å². The summed E-state index contributed by atoms with van der Waals surface area (Å²) >= 11 is 0. The summed E-state index contributed by atoms with van der Waals surface area (Å²) in [5, 5.41) is 38.1. The van der Waals surface area contributed by atoms with Crippen molar-refractivity contribution in [3.05, 3.63) is 0 Å². The van der Waals surface area contributed by atoms with Crippen LogP contribution in [0, 0.1) is 0 Å². The fraction of sp³-hybridized carbons (Fsp3) is 1.00. The van der Waals surface area contributed by atoms with Gasteiger partial charge in [-0.25, -0.2) is 0 Å². The molecule has 0 rings (SSSR count). The molecule has 0 aromatic carbocycles. The first kappa shape index (κ1) is 30.5. The maximum atomic E-state index is 9.53. The third-order valence-corrected chi connectivity index (χ3v) is 0. The minimum Gasteiger partial charge on any atom is -0.852 e. The van der Waals surface area contributed by atoms with Crippen molar-refractivity contribution in [2.45, 2.75) is 79.8 Å². The largest absolute Gasteiger partial charge is 0.852 e. The van der Waals surface area contributed by atoms with Crippen LogP contribution in [0.15, 0.2) is 0 Å². The maximum absolute atomic E-state index is 9.53. The van der Waals surface area contributed by atoms with Crippen molar-refractivity contribution in [2.75, 3.05) is 0 Å². The van der Waals surface area contributed by atoms with Gasteiger partial charge < -0.3 is 20.4 Å². The zero-order valence-corrected chi connectivity index (χ0v) is 15.6. The third-order valence-electron chi connectivity index (χ3n) is 0. The monoisotopic (exact) mass is 300 g/mol. The summed E-state index contributed by atoms with van der Waals surface area (Å²) in [6, 6.07) is 0. The Balaban J connectivity index is -0.0000000369. The molecule has 0 heterocycles. The quantitative estimate of drug-likeness (QED) is 0.538. The summed E-state index contributed by atoms with van der Waals surface area (Å²) < 4.78 is 0. The molecule has 0 aromatic rings. The van der Waals surface area contributed by atoms with Gasteiger partial charge in [0.05, 0.1) is 0 Å².